The average molecular weight is 393 g/mol. The Morgan fingerprint density at radius 3 is 2.65 bits per heavy atom. The van der Waals surface area contributed by atoms with Gasteiger partial charge in [-0.1, -0.05) is 6.07 Å². The van der Waals surface area contributed by atoms with Crippen molar-refractivity contribution in [3.05, 3.63) is 57.2 Å². The molecule has 1 aromatic carbocycles. The van der Waals surface area contributed by atoms with Crippen LogP contribution in [-0.2, 0) is 0 Å². The lowest BCUT2D eigenvalue weighted by Gasteiger charge is -2.11. The zero-order valence-electron chi connectivity index (χ0n) is 10.7. The smallest absolute Gasteiger partial charge is 0.112 e. The number of nitrogens with one attached hydrogen (secondary N) is 1. The molecular formula is C15H11Br2N3. The molecule has 5 heteroatoms. The molecule has 0 bridgehead atoms. The summed E-state index contributed by atoms with van der Waals surface area (Å²) in [4.78, 5) is 8.77. The number of aromatic nitrogens is 2. The molecule has 3 nitrogen and oxygen atoms in total. The number of hydrogen-bond acceptors (Lipinski definition) is 3. The van der Waals surface area contributed by atoms with Gasteiger partial charge in [0.15, 0.2) is 0 Å². The van der Waals surface area contributed by atoms with Crippen LogP contribution in [0.2, 0.25) is 0 Å². The predicted octanol–water partition coefficient (Wildman–Crippen LogP) is 5.21. The first-order valence-corrected chi connectivity index (χ1v) is 7.65. The zero-order chi connectivity index (χ0) is 14.1. The molecule has 0 aliphatic rings. The largest absolute Gasteiger partial charge is 0.353 e. The molecule has 0 saturated heterocycles. The highest BCUT2D eigenvalue weighted by Gasteiger charge is 2.06. The lowest BCUT2D eigenvalue weighted by molar-refractivity contribution is 1.32. The van der Waals surface area contributed by atoms with E-state index in [1.807, 2.05) is 18.2 Å². The molecule has 0 atom stereocenters. The number of halogens is 2. The molecule has 0 fully saturated rings. The third-order valence-electron chi connectivity index (χ3n) is 2.94. The number of rotatable bonds is 2. The van der Waals surface area contributed by atoms with E-state index in [4.69, 9.17) is 0 Å². The monoisotopic (exact) mass is 391 g/mol. The average Bonchev–Trinajstić information content (AvgIpc) is 2.41. The van der Waals surface area contributed by atoms with E-state index in [0.717, 1.165) is 31.4 Å². The summed E-state index contributed by atoms with van der Waals surface area (Å²) in [6.45, 7) is 2.06. The summed E-state index contributed by atoms with van der Waals surface area (Å²) < 4.78 is 1.95. The summed E-state index contributed by atoms with van der Waals surface area (Å²) in [5.41, 5.74) is 4.86. The van der Waals surface area contributed by atoms with Crippen molar-refractivity contribution in [2.24, 2.45) is 0 Å². The van der Waals surface area contributed by atoms with Crippen LogP contribution in [0.3, 0.4) is 0 Å². The van der Waals surface area contributed by atoms with E-state index in [9.17, 15) is 0 Å². The normalized spacial score (nSPS) is 10.8. The van der Waals surface area contributed by atoms with Crippen LogP contribution in [0.25, 0.3) is 11.0 Å². The second-order valence-electron chi connectivity index (χ2n) is 4.49. The Morgan fingerprint density at radius 2 is 1.85 bits per heavy atom. The number of fused-ring (bicyclic) bond motifs is 1. The zero-order valence-corrected chi connectivity index (χ0v) is 13.9. The van der Waals surface area contributed by atoms with Gasteiger partial charge < -0.3 is 5.32 Å². The summed E-state index contributed by atoms with van der Waals surface area (Å²) in [5.74, 6) is 0. The fourth-order valence-corrected chi connectivity index (χ4v) is 2.88. The van der Waals surface area contributed by atoms with E-state index in [0.29, 0.717) is 0 Å². The van der Waals surface area contributed by atoms with Crippen molar-refractivity contribution in [1.82, 2.24) is 9.97 Å². The van der Waals surface area contributed by atoms with Crippen molar-refractivity contribution >= 4 is 54.3 Å². The second kappa shape index (κ2) is 5.50. The molecule has 2 aromatic heterocycles. The molecule has 0 amide bonds. The molecule has 0 radical (unpaired) electrons. The van der Waals surface area contributed by atoms with Crippen LogP contribution in [-0.4, -0.2) is 9.97 Å². The molecular weight excluding hydrogens is 382 g/mol. The van der Waals surface area contributed by atoms with Crippen LogP contribution in [0.5, 0.6) is 0 Å². The molecule has 0 unspecified atom stereocenters. The summed E-state index contributed by atoms with van der Waals surface area (Å²) in [5, 5.41) is 3.40. The molecule has 0 saturated carbocycles. The minimum absolute atomic E-state index is 0.850. The van der Waals surface area contributed by atoms with Crippen molar-refractivity contribution < 1.29 is 0 Å². The van der Waals surface area contributed by atoms with Crippen LogP contribution in [0.4, 0.5) is 11.4 Å². The first-order valence-electron chi connectivity index (χ1n) is 6.07. The van der Waals surface area contributed by atoms with Crippen LogP contribution in [0.1, 0.15) is 5.56 Å². The summed E-state index contributed by atoms with van der Waals surface area (Å²) >= 11 is 6.99. The fourth-order valence-electron chi connectivity index (χ4n) is 1.97. The molecule has 20 heavy (non-hydrogen) atoms. The van der Waals surface area contributed by atoms with Crippen molar-refractivity contribution in [1.29, 1.82) is 0 Å². The van der Waals surface area contributed by atoms with Gasteiger partial charge in [-0.25, -0.2) is 0 Å². The number of benzene rings is 1. The molecule has 0 spiro atoms. The van der Waals surface area contributed by atoms with Gasteiger partial charge in [0, 0.05) is 21.3 Å². The van der Waals surface area contributed by atoms with Crippen LogP contribution < -0.4 is 5.32 Å². The molecule has 100 valence electrons. The Morgan fingerprint density at radius 1 is 1.00 bits per heavy atom. The molecule has 2 heterocycles. The molecule has 1 N–H and O–H groups in total. The highest BCUT2D eigenvalue weighted by atomic mass is 79.9. The Balaban J connectivity index is 2.06. The Kier molecular flexibility index (Phi) is 3.72. The Labute approximate surface area is 133 Å². The number of nitrogens with zero attached hydrogens (tertiary/aromatic N) is 2. The molecule has 3 rings (SSSR count). The maximum Gasteiger partial charge on any atom is 0.112 e. The van der Waals surface area contributed by atoms with Crippen molar-refractivity contribution in [3.8, 4) is 0 Å². The maximum atomic E-state index is 4.44. The summed E-state index contributed by atoms with van der Waals surface area (Å²) in [7, 11) is 0. The van der Waals surface area contributed by atoms with E-state index in [2.05, 4.69) is 66.2 Å². The summed E-state index contributed by atoms with van der Waals surface area (Å²) in [6.07, 6.45) is 3.56. The molecule has 0 aliphatic heterocycles. The van der Waals surface area contributed by atoms with Crippen LogP contribution >= 0.6 is 31.9 Å². The van der Waals surface area contributed by atoms with E-state index in [-0.39, 0.29) is 0 Å². The van der Waals surface area contributed by atoms with Crippen LogP contribution in [0, 0.1) is 6.92 Å². The van der Waals surface area contributed by atoms with Crippen molar-refractivity contribution in [2.75, 3.05) is 5.32 Å². The van der Waals surface area contributed by atoms with Gasteiger partial charge in [0.2, 0.25) is 0 Å². The van der Waals surface area contributed by atoms with Gasteiger partial charge in [0.1, 0.15) is 5.52 Å². The standard InChI is InChI=1S/C15H11Br2N3/c1-9-2-3-12(11(17)6-9)20-13-4-5-18-14-7-10(16)8-19-15(13)14/h2-8H,1H3,(H,18,20). The van der Waals surface area contributed by atoms with E-state index >= 15 is 0 Å². The van der Waals surface area contributed by atoms with Gasteiger partial charge in [-0.3, -0.25) is 9.97 Å². The van der Waals surface area contributed by atoms with E-state index in [1.54, 1.807) is 12.4 Å². The quantitative estimate of drug-likeness (QED) is 0.650. The van der Waals surface area contributed by atoms with Crippen LogP contribution in [0.15, 0.2) is 51.7 Å². The molecule has 0 aliphatic carbocycles. The second-order valence-corrected chi connectivity index (χ2v) is 6.26. The highest BCUT2D eigenvalue weighted by molar-refractivity contribution is 9.10. The highest BCUT2D eigenvalue weighted by Crippen LogP contribution is 2.29. The third-order valence-corrected chi connectivity index (χ3v) is 4.03. The van der Waals surface area contributed by atoms with Crippen molar-refractivity contribution in [2.45, 2.75) is 6.92 Å². The number of aryl methyl sites for hydroxylation is 1. The first kappa shape index (κ1) is 13.5. The van der Waals surface area contributed by atoms with Crippen molar-refractivity contribution in [3.63, 3.8) is 0 Å². The van der Waals surface area contributed by atoms with E-state index in [1.165, 1.54) is 5.56 Å². The van der Waals surface area contributed by atoms with Gasteiger partial charge in [-0.15, -0.1) is 0 Å². The minimum Gasteiger partial charge on any atom is -0.353 e. The number of hydrogen-bond donors (Lipinski definition) is 1. The Bertz CT molecular complexity index is 787. The van der Waals surface area contributed by atoms with Gasteiger partial charge in [-0.05, 0) is 68.6 Å². The lowest BCUT2D eigenvalue weighted by Crippen LogP contribution is -1.95. The maximum absolute atomic E-state index is 4.44. The number of pyridine rings is 2. The SMILES string of the molecule is Cc1ccc(Nc2ccnc3cc(Br)cnc23)c(Br)c1. The summed E-state index contributed by atoms with van der Waals surface area (Å²) in [6, 6.07) is 10.1. The Hall–Kier alpha value is -1.46. The van der Waals surface area contributed by atoms with Gasteiger partial charge in [0.05, 0.1) is 16.9 Å². The number of anilines is 2. The molecule has 3 aromatic rings. The minimum atomic E-state index is 0.850. The first-order chi connectivity index (χ1) is 9.63. The lowest BCUT2D eigenvalue weighted by atomic mass is 10.2. The van der Waals surface area contributed by atoms with E-state index < -0.39 is 0 Å². The van der Waals surface area contributed by atoms with Gasteiger partial charge in [-0.2, -0.15) is 0 Å². The van der Waals surface area contributed by atoms with Gasteiger partial charge >= 0.3 is 0 Å². The predicted molar refractivity (Wildman–Crippen MR) is 89.4 cm³/mol. The third kappa shape index (κ3) is 2.69. The fraction of sp³-hybridized carbons (Fsp3) is 0.0667. The van der Waals surface area contributed by atoms with Gasteiger partial charge in [0.25, 0.3) is 0 Å². The topological polar surface area (TPSA) is 37.8 Å².